The van der Waals surface area contributed by atoms with E-state index in [1.807, 2.05) is 13.8 Å². The SMILES string of the molecule is CCCCC(C)NC(=O)N(CCC)CC(=O)O. The highest BCUT2D eigenvalue weighted by molar-refractivity contribution is 5.80. The van der Waals surface area contributed by atoms with Crippen molar-refractivity contribution >= 4 is 12.0 Å². The van der Waals surface area contributed by atoms with Gasteiger partial charge < -0.3 is 15.3 Å². The van der Waals surface area contributed by atoms with Crippen LogP contribution in [0.4, 0.5) is 4.79 Å². The van der Waals surface area contributed by atoms with Crippen molar-refractivity contribution in [3.8, 4) is 0 Å². The van der Waals surface area contributed by atoms with Gasteiger partial charge in [-0.2, -0.15) is 0 Å². The first-order chi connectivity index (χ1) is 8.01. The van der Waals surface area contributed by atoms with Crippen molar-refractivity contribution in [3.63, 3.8) is 0 Å². The lowest BCUT2D eigenvalue weighted by Crippen LogP contribution is -2.46. The molecule has 1 atom stereocenters. The molecule has 0 rings (SSSR count). The number of aliphatic carboxylic acids is 1. The Balaban J connectivity index is 4.16. The maximum absolute atomic E-state index is 11.8. The lowest BCUT2D eigenvalue weighted by molar-refractivity contribution is -0.137. The molecule has 0 spiro atoms. The molecule has 0 aromatic heterocycles. The van der Waals surface area contributed by atoms with Crippen LogP contribution in [0.5, 0.6) is 0 Å². The van der Waals surface area contributed by atoms with E-state index in [9.17, 15) is 9.59 Å². The predicted molar refractivity (Wildman–Crippen MR) is 67.0 cm³/mol. The first-order valence-corrected chi connectivity index (χ1v) is 6.28. The lowest BCUT2D eigenvalue weighted by Gasteiger charge is -2.23. The highest BCUT2D eigenvalue weighted by atomic mass is 16.4. The van der Waals surface area contributed by atoms with Crippen molar-refractivity contribution in [2.75, 3.05) is 13.1 Å². The summed E-state index contributed by atoms with van der Waals surface area (Å²) in [6.07, 6.45) is 3.83. The molecule has 0 saturated heterocycles. The molecular formula is C12H24N2O3. The summed E-state index contributed by atoms with van der Waals surface area (Å²) in [6, 6.07) is -0.187. The molecule has 1 unspecified atom stereocenters. The number of nitrogens with one attached hydrogen (secondary N) is 1. The molecular weight excluding hydrogens is 220 g/mol. The van der Waals surface area contributed by atoms with E-state index < -0.39 is 5.97 Å². The third-order valence-electron chi connectivity index (χ3n) is 2.47. The molecule has 0 heterocycles. The maximum Gasteiger partial charge on any atom is 0.323 e. The molecule has 5 nitrogen and oxygen atoms in total. The summed E-state index contributed by atoms with van der Waals surface area (Å²) >= 11 is 0. The number of carboxylic acids is 1. The molecule has 0 aromatic rings. The Kier molecular flexibility index (Phi) is 8.19. The maximum atomic E-state index is 11.8. The average molecular weight is 244 g/mol. The first kappa shape index (κ1) is 15.7. The molecule has 0 aliphatic rings. The van der Waals surface area contributed by atoms with E-state index in [4.69, 9.17) is 5.11 Å². The fourth-order valence-corrected chi connectivity index (χ4v) is 1.57. The number of unbranched alkanes of at least 4 members (excludes halogenated alkanes) is 1. The Morgan fingerprint density at radius 1 is 1.29 bits per heavy atom. The minimum Gasteiger partial charge on any atom is -0.480 e. The first-order valence-electron chi connectivity index (χ1n) is 6.28. The van der Waals surface area contributed by atoms with E-state index >= 15 is 0 Å². The van der Waals surface area contributed by atoms with Crippen LogP contribution in [0.2, 0.25) is 0 Å². The number of rotatable bonds is 8. The highest BCUT2D eigenvalue weighted by Crippen LogP contribution is 2.01. The van der Waals surface area contributed by atoms with Crippen molar-refractivity contribution in [1.29, 1.82) is 0 Å². The molecule has 0 saturated carbocycles. The van der Waals surface area contributed by atoms with Crippen molar-refractivity contribution in [2.24, 2.45) is 0 Å². The third-order valence-corrected chi connectivity index (χ3v) is 2.47. The van der Waals surface area contributed by atoms with Crippen LogP contribution in [-0.2, 0) is 4.79 Å². The Morgan fingerprint density at radius 2 is 1.94 bits per heavy atom. The Labute approximate surface area is 103 Å². The fraction of sp³-hybridized carbons (Fsp3) is 0.833. The second kappa shape index (κ2) is 8.84. The van der Waals surface area contributed by atoms with Crippen LogP contribution in [-0.4, -0.2) is 41.1 Å². The van der Waals surface area contributed by atoms with Crippen LogP contribution in [0.15, 0.2) is 0 Å². The quantitative estimate of drug-likeness (QED) is 0.686. The minimum absolute atomic E-state index is 0.0931. The molecule has 17 heavy (non-hydrogen) atoms. The molecule has 0 radical (unpaired) electrons. The Hall–Kier alpha value is -1.26. The van der Waals surface area contributed by atoms with Crippen molar-refractivity contribution in [1.82, 2.24) is 10.2 Å². The molecule has 2 N–H and O–H groups in total. The van der Waals surface area contributed by atoms with Gasteiger partial charge in [0.2, 0.25) is 0 Å². The van der Waals surface area contributed by atoms with Gasteiger partial charge in [-0.3, -0.25) is 4.79 Å². The van der Waals surface area contributed by atoms with E-state index in [2.05, 4.69) is 12.2 Å². The largest absolute Gasteiger partial charge is 0.480 e. The molecule has 0 bridgehead atoms. The molecule has 2 amide bonds. The van der Waals surface area contributed by atoms with Gasteiger partial charge in [-0.15, -0.1) is 0 Å². The summed E-state index contributed by atoms with van der Waals surface area (Å²) in [5.74, 6) is -0.977. The molecule has 0 fully saturated rings. The number of carbonyl (C=O) groups is 2. The third kappa shape index (κ3) is 7.60. The van der Waals surface area contributed by atoms with Crippen LogP contribution in [0, 0.1) is 0 Å². The second-order valence-electron chi connectivity index (χ2n) is 4.31. The zero-order valence-electron chi connectivity index (χ0n) is 11.0. The number of carbonyl (C=O) groups excluding carboxylic acids is 1. The summed E-state index contributed by atoms with van der Waals surface area (Å²) in [5, 5.41) is 11.5. The lowest BCUT2D eigenvalue weighted by atomic mass is 10.1. The van der Waals surface area contributed by atoms with Crippen LogP contribution >= 0.6 is 0 Å². The minimum atomic E-state index is -0.977. The molecule has 5 heteroatoms. The number of urea groups is 1. The monoisotopic (exact) mass is 244 g/mol. The highest BCUT2D eigenvalue weighted by Gasteiger charge is 2.17. The van der Waals surface area contributed by atoms with E-state index in [0.717, 1.165) is 25.7 Å². The van der Waals surface area contributed by atoms with Gasteiger partial charge in [0.15, 0.2) is 0 Å². The van der Waals surface area contributed by atoms with Gasteiger partial charge in [-0.1, -0.05) is 26.7 Å². The number of nitrogens with zero attached hydrogens (tertiary/aromatic N) is 1. The molecule has 100 valence electrons. The van der Waals surface area contributed by atoms with Crippen molar-refractivity contribution in [3.05, 3.63) is 0 Å². The van der Waals surface area contributed by atoms with Gasteiger partial charge in [0.1, 0.15) is 6.54 Å². The summed E-state index contributed by atoms with van der Waals surface area (Å²) in [7, 11) is 0. The number of carboxylic acid groups (broad SMARTS) is 1. The van der Waals surface area contributed by atoms with Crippen molar-refractivity contribution in [2.45, 2.75) is 52.5 Å². The van der Waals surface area contributed by atoms with Gasteiger partial charge >= 0.3 is 12.0 Å². The number of hydrogen-bond acceptors (Lipinski definition) is 2. The second-order valence-corrected chi connectivity index (χ2v) is 4.31. The van der Waals surface area contributed by atoms with Gasteiger partial charge in [-0.05, 0) is 19.8 Å². The van der Waals surface area contributed by atoms with Crippen LogP contribution < -0.4 is 5.32 Å². The zero-order valence-corrected chi connectivity index (χ0v) is 11.0. The Bertz CT molecular complexity index is 244. The standard InChI is InChI=1S/C12H24N2O3/c1-4-6-7-10(3)13-12(17)14(8-5-2)9-11(15)16/h10H,4-9H2,1-3H3,(H,13,17)(H,15,16). The molecule has 0 aliphatic carbocycles. The number of amides is 2. The number of hydrogen-bond donors (Lipinski definition) is 2. The fourth-order valence-electron chi connectivity index (χ4n) is 1.57. The van der Waals surface area contributed by atoms with Crippen LogP contribution in [0.3, 0.4) is 0 Å². The Morgan fingerprint density at radius 3 is 2.41 bits per heavy atom. The van der Waals surface area contributed by atoms with Crippen LogP contribution in [0.25, 0.3) is 0 Å². The van der Waals surface area contributed by atoms with E-state index in [0.29, 0.717) is 6.54 Å². The van der Waals surface area contributed by atoms with Gasteiger partial charge in [0.25, 0.3) is 0 Å². The van der Waals surface area contributed by atoms with Crippen LogP contribution in [0.1, 0.15) is 46.5 Å². The van der Waals surface area contributed by atoms with Gasteiger partial charge in [0, 0.05) is 12.6 Å². The topological polar surface area (TPSA) is 69.6 Å². The summed E-state index contributed by atoms with van der Waals surface area (Å²) in [4.78, 5) is 23.8. The van der Waals surface area contributed by atoms with Gasteiger partial charge in [0.05, 0.1) is 0 Å². The zero-order chi connectivity index (χ0) is 13.3. The molecule has 0 aliphatic heterocycles. The summed E-state index contributed by atoms with van der Waals surface area (Å²) < 4.78 is 0. The van der Waals surface area contributed by atoms with Gasteiger partial charge in [-0.25, -0.2) is 4.79 Å². The summed E-state index contributed by atoms with van der Waals surface area (Å²) in [6.45, 7) is 6.20. The summed E-state index contributed by atoms with van der Waals surface area (Å²) in [5.41, 5.74) is 0. The average Bonchev–Trinajstić information content (AvgIpc) is 2.25. The molecule has 0 aromatic carbocycles. The normalized spacial score (nSPS) is 11.9. The van der Waals surface area contributed by atoms with E-state index in [-0.39, 0.29) is 18.6 Å². The predicted octanol–water partition coefficient (Wildman–Crippen LogP) is 2.07. The van der Waals surface area contributed by atoms with E-state index in [1.54, 1.807) is 0 Å². The van der Waals surface area contributed by atoms with E-state index in [1.165, 1.54) is 4.90 Å². The van der Waals surface area contributed by atoms with Crippen molar-refractivity contribution < 1.29 is 14.7 Å². The smallest absolute Gasteiger partial charge is 0.323 e.